The second-order valence-corrected chi connectivity index (χ2v) is 13.7. The Morgan fingerprint density at radius 2 is 1.71 bits per heavy atom. The van der Waals surface area contributed by atoms with Crippen LogP contribution in [0.5, 0.6) is 0 Å². The van der Waals surface area contributed by atoms with E-state index in [9.17, 15) is 17.6 Å². The smallest absolute Gasteiger partial charge is 0.303 e. The number of halogens is 1. The molecule has 41 heavy (non-hydrogen) atoms. The summed E-state index contributed by atoms with van der Waals surface area (Å²) in [4.78, 5) is 22.9. The monoisotopic (exact) mass is 583 g/mol. The van der Waals surface area contributed by atoms with Crippen LogP contribution < -0.4 is 9.62 Å². The van der Waals surface area contributed by atoms with Crippen molar-refractivity contribution in [3.63, 3.8) is 0 Å². The fraction of sp³-hybridized carbons (Fsp3) is 0.552. The van der Waals surface area contributed by atoms with E-state index in [1.165, 1.54) is 52.2 Å². The molecule has 6 rings (SSSR count). The van der Waals surface area contributed by atoms with Gasteiger partial charge in [-0.05, 0) is 87.9 Å². The molecule has 0 atom stereocenters. The van der Waals surface area contributed by atoms with Crippen molar-refractivity contribution >= 4 is 32.8 Å². The number of carbonyl (C=O) groups is 1. The normalized spacial score (nSPS) is 19.3. The summed E-state index contributed by atoms with van der Waals surface area (Å²) in [5, 5.41) is 5.89. The first-order valence-electron chi connectivity index (χ1n) is 14.6. The molecule has 0 unspecified atom stereocenters. The average molecular weight is 584 g/mol. The van der Waals surface area contributed by atoms with Gasteiger partial charge < -0.3 is 9.80 Å². The molecule has 0 bridgehead atoms. The van der Waals surface area contributed by atoms with E-state index in [1.807, 2.05) is 0 Å². The summed E-state index contributed by atoms with van der Waals surface area (Å²) < 4.78 is 43.6. The number of nitrogens with one attached hydrogen (secondary N) is 1. The van der Waals surface area contributed by atoms with E-state index >= 15 is 0 Å². The molecule has 3 fully saturated rings. The number of likely N-dealkylation sites (tertiary alicyclic amines) is 1. The first kappa shape index (κ1) is 28.0. The Bertz CT molecular complexity index is 1520. The van der Waals surface area contributed by atoms with Crippen LogP contribution in [0.2, 0.25) is 0 Å². The third kappa shape index (κ3) is 5.69. The maximum Gasteiger partial charge on any atom is 0.303 e. The van der Waals surface area contributed by atoms with Crippen LogP contribution in [0.3, 0.4) is 0 Å². The molecule has 220 valence electrons. The highest BCUT2D eigenvalue weighted by Crippen LogP contribution is 2.43. The van der Waals surface area contributed by atoms with E-state index < -0.39 is 16.1 Å². The summed E-state index contributed by atoms with van der Waals surface area (Å²) in [7, 11) is -1.29. The number of hydrogen-bond acceptors (Lipinski definition) is 7. The maximum absolute atomic E-state index is 13.8. The number of hydrogen-bond donors (Lipinski definition) is 1. The van der Waals surface area contributed by atoms with Gasteiger partial charge in [-0.15, -0.1) is 0 Å². The fourth-order valence-corrected chi connectivity index (χ4v) is 6.69. The van der Waals surface area contributed by atoms with Crippen molar-refractivity contribution in [2.45, 2.75) is 50.9 Å². The van der Waals surface area contributed by atoms with Crippen LogP contribution in [0, 0.1) is 11.7 Å². The molecule has 2 aliphatic heterocycles. The van der Waals surface area contributed by atoms with Gasteiger partial charge in [-0.25, -0.2) is 18.8 Å². The van der Waals surface area contributed by atoms with Gasteiger partial charge in [0.2, 0.25) is 0 Å². The van der Waals surface area contributed by atoms with Crippen LogP contribution >= 0.6 is 0 Å². The van der Waals surface area contributed by atoms with Crippen LogP contribution in [-0.4, -0.2) is 85.1 Å². The molecule has 0 radical (unpaired) electrons. The SMILES string of the molecule is CN(C)S(=O)(=O)NC(=O)c1cc(N2CCC(CN3CCCC3)CC2)c2c(C3CCC3)nn(-c3ccc(F)cc3)c2n1. The second kappa shape index (κ2) is 11.3. The molecule has 2 saturated heterocycles. The van der Waals surface area contributed by atoms with E-state index in [0.717, 1.165) is 72.8 Å². The minimum absolute atomic E-state index is 0.000497. The zero-order valence-corrected chi connectivity index (χ0v) is 24.5. The molecule has 2 aromatic heterocycles. The summed E-state index contributed by atoms with van der Waals surface area (Å²) in [6.07, 6.45) is 7.83. The Morgan fingerprint density at radius 1 is 1.02 bits per heavy atom. The Morgan fingerprint density at radius 3 is 2.32 bits per heavy atom. The quantitative estimate of drug-likeness (QED) is 0.432. The average Bonchev–Trinajstić information content (AvgIpc) is 3.56. The van der Waals surface area contributed by atoms with Crippen LogP contribution in [-0.2, 0) is 10.2 Å². The lowest BCUT2D eigenvalue weighted by Gasteiger charge is -2.36. The summed E-state index contributed by atoms with van der Waals surface area (Å²) in [5.74, 6) is -0.254. The molecule has 10 nitrogen and oxygen atoms in total. The third-order valence-corrected chi connectivity index (χ3v) is 10.2. The molecule has 1 amide bonds. The van der Waals surface area contributed by atoms with E-state index in [0.29, 0.717) is 17.3 Å². The van der Waals surface area contributed by atoms with Crippen molar-refractivity contribution in [3.8, 4) is 5.69 Å². The molecule has 12 heteroatoms. The fourth-order valence-electron chi connectivity index (χ4n) is 6.17. The van der Waals surface area contributed by atoms with Crippen molar-refractivity contribution in [1.82, 2.24) is 28.7 Å². The van der Waals surface area contributed by atoms with Gasteiger partial charge in [-0.1, -0.05) is 6.42 Å². The number of piperidine rings is 1. The van der Waals surface area contributed by atoms with Gasteiger partial charge in [-0.3, -0.25) is 4.79 Å². The highest BCUT2D eigenvalue weighted by atomic mass is 32.2. The zero-order valence-electron chi connectivity index (χ0n) is 23.7. The maximum atomic E-state index is 13.8. The first-order valence-corrected chi connectivity index (χ1v) is 16.0. The van der Waals surface area contributed by atoms with E-state index in [4.69, 9.17) is 10.1 Å². The molecule has 1 saturated carbocycles. The predicted molar refractivity (Wildman–Crippen MR) is 156 cm³/mol. The third-order valence-electron chi connectivity index (χ3n) is 8.81. The summed E-state index contributed by atoms with van der Waals surface area (Å²) in [6, 6.07) is 7.75. The topological polar surface area (TPSA) is 104 Å². The first-order chi connectivity index (χ1) is 19.7. The molecule has 3 aliphatic rings. The van der Waals surface area contributed by atoms with Gasteiger partial charge in [0.1, 0.15) is 11.5 Å². The number of rotatable bonds is 8. The minimum atomic E-state index is -4.01. The Kier molecular flexibility index (Phi) is 7.73. The number of nitrogens with zero attached hydrogens (tertiary/aromatic N) is 6. The minimum Gasteiger partial charge on any atom is -0.371 e. The van der Waals surface area contributed by atoms with E-state index in [-0.39, 0.29) is 17.4 Å². The van der Waals surface area contributed by atoms with Gasteiger partial charge in [0, 0.05) is 39.6 Å². The van der Waals surface area contributed by atoms with Crippen LogP contribution in [0.1, 0.15) is 67.0 Å². The lowest BCUT2D eigenvalue weighted by Crippen LogP contribution is -2.40. The predicted octanol–water partition coefficient (Wildman–Crippen LogP) is 3.68. The van der Waals surface area contributed by atoms with Gasteiger partial charge in [-0.2, -0.15) is 17.8 Å². The molecular formula is C29H38FN7O3S. The molecule has 3 aromatic rings. The molecule has 1 aromatic carbocycles. The molecule has 1 aliphatic carbocycles. The molecule has 4 heterocycles. The largest absolute Gasteiger partial charge is 0.371 e. The molecular weight excluding hydrogens is 545 g/mol. The molecule has 0 spiro atoms. The van der Waals surface area contributed by atoms with E-state index in [1.54, 1.807) is 22.9 Å². The van der Waals surface area contributed by atoms with Crippen LogP contribution in [0.4, 0.5) is 10.1 Å². The number of anilines is 1. The Labute approximate surface area is 240 Å². The van der Waals surface area contributed by atoms with Gasteiger partial charge >= 0.3 is 10.2 Å². The summed E-state index contributed by atoms with van der Waals surface area (Å²) in [5.41, 5.74) is 2.90. The van der Waals surface area contributed by atoms with Crippen LogP contribution in [0.15, 0.2) is 30.3 Å². The lowest BCUT2D eigenvalue weighted by molar-refractivity contribution is 0.0975. The highest BCUT2D eigenvalue weighted by Gasteiger charge is 2.32. The Balaban J connectivity index is 1.43. The number of pyridine rings is 1. The van der Waals surface area contributed by atoms with Gasteiger partial charge in [0.25, 0.3) is 5.91 Å². The second-order valence-electron chi connectivity index (χ2n) is 11.8. The Hall–Kier alpha value is -3.09. The number of aromatic nitrogens is 3. The number of amides is 1. The van der Waals surface area contributed by atoms with Crippen LogP contribution in [0.25, 0.3) is 16.7 Å². The highest BCUT2D eigenvalue weighted by molar-refractivity contribution is 7.87. The van der Waals surface area contributed by atoms with Gasteiger partial charge in [0.05, 0.1) is 22.5 Å². The summed E-state index contributed by atoms with van der Waals surface area (Å²) >= 11 is 0. The summed E-state index contributed by atoms with van der Waals surface area (Å²) in [6.45, 7) is 5.17. The zero-order chi connectivity index (χ0) is 28.7. The van der Waals surface area contributed by atoms with Gasteiger partial charge in [0.15, 0.2) is 5.65 Å². The standard InChI is InChI=1S/C29H38FN7O3S/c1-34(2)41(39,40)33-29(38)24-18-25(36-16-12-20(13-17-36)19-35-14-3-4-15-35)26-27(21-6-5-7-21)32-37(28(26)31-24)23-10-8-22(30)9-11-23/h8-11,18,20-21H,3-7,12-17,19H2,1-2H3,(H,33,38). The van der Waals surface area contributed by atoms with Crippen molar-refractivity contribution < 1.29 is 17.6 Å². The lowest BCUT2D eigenvalue weighted by atomic mass is 9.81. The van der Waals surface area contributed by atoms with Crippen molar-refractivity contribution in [2.24, 2.45) is 5.92 Å². The van der Waals surface area contributed by atoms with Crippen molar-refractivity contribution in [1.29, 1.82) is 0 Å². The number of carbonyl (C=O) groups excluding carboxylic acids is 1. The van der Waals surface area contributed by atoms with E-state index in [2.05, 4.69) is 14.5 Å². The van der Waals surface area contributed by atoms with Crippen molar-refractivity contribution in [3.05, 3.63) is 47.5 Å². The molecule has 1 N–H and O–H groups in total. The van der Waals surface area contributed by atoms with Crippen molar-refractivity contribution in [2.75, 3.05) is 51.7 Å². The number of fused-ring (bicyclic) bond motifs is 1. The number of benzene rings is 1.